The maximum atomic E-state index is 6.37. The van der Waals surface area contributed by atoms with E-state index in [1.165, 1.54) is 82.4 Å². The summed E-state index contributed by atoms with van der Waals surface area (Å²) in [5, 5.41) is 7.41. The predicted octanol–water partition coefficient (Wildman–Crippen LogP) is 13.6. The topological polar surface area (TPSA) is 9.23 Å². The summed E-state index contributed by atoms with van der Waals surface area (Å²) in [4.78, 5) is 0. The molecule has 1 heterocycles. The fourth-order valence-corrected chi connectivity index (χ4v) is 7.81. The summed E-state index contributed by atoms with van der Waals surface area (Å²) in [5.41, 5.74) is 12.1. The van der Waals surface area contributed by atoms with E-state index in [9.17, 15) is 0 Å². The first-order valence-corrected chi connectivity index (χ1v) is 16.8. The van der Waals surface area contributed by atoms with Gasteiger partial charge in [0, 0.05) is 10.9 Å². The zero-order valence-electron chi connectivity index (χ0n) is 26.7. The van der Waals surface area contributed by atoms with Crippen molar-refractivity contribution >= 4 is 32.3 Å². The molecule has 1 aliphatic heterocycles. The van der Waals surface area contributed by atoms with Gasteiger partial charge in [-0.2, -0.15) is 0 Å². The molecule has 49 heavy (non-hydrogen) atoms. The van der Waals surface area contributed by atoms with Crippen molar-refractivity contribution in [1.29, 1.82) is 0 Å². The summed E-state index contributed by atoms with van der Waals surface area (Å²) in [6.07, 6.45) is 0. The Bertz CT molecular complexity index is 2660. The fourth-order valence-electron chi connectivity index (χ4n) is 7.81. The van der Waals surface area contributed by atoms with Crippen LogP contribution >= 0.6 is 0 Å². The Hall–Kier alpha value is -6.44. The molecule has 1 heteroatoms. The van der Waals surface area contributed by atoms with Crippen LogP contribution in [0.3, 0.4) is 0 Å². The molecule has 0 amide bonds. The second kappa shape index (κ2) is 11.1. The van der Waals surface area contributed by atoms with Gasteiger partial charge in [-0.1, -0.05) is 158 Å². The van der Waals surface area contributed by atoms with Crippen LogP contribution in [-0.2, 0) is 0 Å². The summed E-state index contributed by atoms with van der Waals surface area (Å²) in [7, 11) is 0. The van der Waals surface area contributed by atoms with Crippen molar-refractivity contribution in [2.45, 2.75) is 0 Å². The normalized spacial score (nSPS) is 11.8. The lowest BCUT2D eigenvalue weighted by Gasteiger charge is -2.22. The van der Waals surface area contributed by atoms with Gasteiger partial charge in [-0.3, -0.25) is 0 Å². The van der Waals surface area contributed by atoms with Crippen molar-refractivity contribution in [2.75, 3.05) is 0 Å². The van der Waals surface area contributed by atoms with Crippen molar-refractivity contribution in [3.8, 4) is 67.1 Å². The Morgan fingerprint density at radius 1 is 0.286 bits per heavy atom. The van der Waals surface area contributed by atoms with Crippen molar-refractivity contribution in [2.24, 2.45) is 0 Å². The highest BCUT2D eigenvalue weighted by Gasteiger charge is 2.21. The Morgan fingerprint density at radius 3 is 1.51 bits per heavy atom. The van der Waals surface area contributed by atoms with Crippen LogP contribution in [0.1, 0.15) is 0 Å². The number of benzene rings is 9. The largest absolute Gasteiger partial charge is 0.456 e. The van der Waals surface area contributed by atoms with Crippen molar-refractivity contribution in [1.82, 2.24) is 0 Å². The van der Waals surface area contributed by atoms with Crippen LogP contribution in [0.5, 0.6) is 11.5 Å². The van der Waals surface area contributed by atoms with E-state index in [-0.39, 0.29) is 0 Å². The molecule has 9 aromatic rings. The Labute approximate surface area is 285 Å². The molecule has 1 aliphatic rings. The highest BCUT2D eigenvalue weighted by molar-refractivity contribution is 6.21. The molecule has 0 saturated heterocycles. The smallest absolute Gasteiger partial charge is 0.135 e. The van der Waals surface area contributed by atoms with Crippen LogP contribution in [0.25, 0.3) is 88.0 Å². The predicted molar refractivity (Wildman–Crippen MR) is 206 cm³/mol. The number of fused-ring (bicyclic) bond motifs is 4. The van der Waals surface area contributed by atoms with E-state index in [2.05, 4.69) is 182 Å². The SMILES string of the molecule is c1ccc(-c2cccc(-c3c4ccccc4c(-c4ccc(-c5ccc6c(c5)-c5cccc7cccc(c57)O6)cc4)c4ccccc34)c2)cc1. The van der Waals surface area contributed by atoms with Gasteiger partial charge in [0.2, 0.25) is 0 Å². The number of rotatable bonds is 4. The molecule has 0 N–H and O–H groups in total. The third-order valence-corrected chi connectivity index (χ3v) is 10.1. The summed E-state index contributed by atoms with van der Waals surface area (Å²) in [6.45, 7) is 0. The van der Waals surface area contributed by atoms with Crippen LogP contribution in [0.15, 0.2) is 182 Å². The van der Waals surface area contributed by atoms with Gasteiger partial charge in [-0.05, 0) is 101 Å². The second-order valence-corrected chi connectivity index (χ2v) is 12.8. The molecule has 1 nitrogen and oxygen atoms in total. The van der Waals surface area contributed by atoms with E-state index in [4.69, 9.17) is 4.74 Å². The lowest BCUT2D eigenvalue weighted by Crippen LogP contribution is -1.97. The minimum atomic E-state index is 0.902. The van der Waals surface area contributed by atoms with Crippen LogP contribution < -0.4 is 4.74 Å². The first kappa shape index (κ1) is 27.7. The van der Waals surface area contributed by atoms with Crippen molar-refractivity contribution in [3.63, 3.8) is 0 Å². The van der Waals surface area contributed by atoms with E-state index in [1.54, 1.807) is 0 Å². The fraction of sp³-hybridized carbons (Fsp3) is 0. The molecule has 0 aromatic heterocycles. The molecule has 9 aromatic carbocycles. The minimum Gasteiger partial charge on any atom is -0.456 e. The molecule has 0 radical (unpaired) electrons. The van der Waals surface area contributed by atoms with Gasteiger partial charge in [0.15, 0.2) is 0 Å². The second-order valence-electron chi connectivity index (χ2n) is 12.8. The Balaban J connectivity index is 1.10. The first-order valence-electron chi connectivity index (χ1n) is 16.8. The van der Waals surface area contributed by atoms with Gasteiger partial charge < -0.3 is 4.74 Å². The van der Waals surface area contributed by atoms with Crippen molar-refractivity contribution in [3.05, 3.63) is 182 Å². The van der Waals surface area contributed by atoms with Gasteiger partial charge in [-0.15, -0.1) is 0 Å². The monoisotopic (exact) mass is 622 g/mol. The minimum absolute atomic E-state index is 0.902. The molecule has 0 fully saturated rings. The van der Waals surface area contributed by atoms with Gasteiger partial charge in [0.25, 0.3) is 0 Å². The maximum Gasteiger partial charge on any atom is 0.135 e. The highest BCUT2D eigenvalue weighted by Crippen LogP contribution is 2.48. The average molecular weight is 623 g/mol. The highest BCUT2D eigenvalue weighted by atomic mass is 16.5. The summed E-state index contributed by atoms with van der Waals surface area (Å²) in [5.74, 6) is 1.82. The van der Waals surface area contributed by atoms with Gasteiger partial charge in [0.1, 0.15) is 11.5 Å². The lowest BCUT2D eigenvalue weighted by atomic mass is 9.85. The molecule has 0 saturated carbocycles. The third kappa shape index (κ3) is 4.47. The van der Waals surface area contributed by atoms with Crippen LogP contribution in [0, 0.1) is 0 Å². The van der Waals surface area contributed by atoms with E-state index in [0.29, 0.717) is 0 Å². The van der Waals surface area contributed by atoms with E-state index in [1.807, 2.05) is 0 Å². The van der Waals surface area contributed by atoms with Gasteiger partial charge in [-0.25, -0.2) is 0 Å². The molecule has 0 bridgehead atoms. The zero-order valence-corrected chi connectivity index (χ0v) is 26.7. The number of hydrogen-bond acceptors (Lipinski definition) is 1. The molecular weight excluding hydrogens is 593 g/mol. The summed E-state index contributed by atoms with van der Waals surface area (Å²) >= 11 is 0. The molecule has 0 spiro atoms. The standard InChI is InChI=1S/C48H30O/c1-2-11-31(12-3-1)35-15-8-16-37(29-35)47-40-19-6-4-17-38(40)46(39-18-5-7-20-41(39)47)34-25-23-32(24-26-34)36-27-28-44-43(30-36)42-21-9-13-33-14-10-22-45(49-44)48(33)42/h1-30H. The average Bonchev–Trinajstić information content (AvgIpc) is 3.17. The molecule has 10 rings (SSSR count). The number of ether oxygens (including phenoxy) is 1. The Morgan fingerprint density at radius 2 is 0.796 bits per heavy atom. The van der Waals surface area contributed by atoms with Crippen LogP contribution in [-0.4, -0.2) is 0 Å². The maximum absolute atomic E-state index is 6.37. The quantitative estimate of drug-likeness (QED) is 0.177. The lowest BCUT2D eigenvalue weighted by molar-refractivity contribution is 0.487. The van der Waals surface area contributed by atoms with E-state index >= 15 is 0 Å². The summed E-state index contributed by atoms with van der Waals surface area (Å²) < 4.78 is 6.37. The first-order chi connectivity index (χ1) is 24.3. The number of hydrogen-bond donors (Lipinski definition) is 0. The Kier molecular flexibility index (Phi) is 6.25. The van der Waals surface area contributed by atoms with E-state index < -0.39 is 0 Å². The summed E-state index contributed by atoms with van der Waals surface area (Å²) in [6, 6.07) is 65.8. The van der Waals surface area contributed by atoms with Gasteiger partial charge >= 0.3 is 0 Å². The zero-order chi connectivity index (χ0) is 32.3. The molecule has 0 unspecified atom stereocenters. The van der Waals surface area contributed by atoms with Crippen LogP contribution in [0.2, 0.25) is 0 Å². The molecule has 0 atom stereocenters. The molecule has 228 valence electrons. The molecule has 0 aliphatic carbocycles. The van der Waals surface area contributed by atoms with Gasteiger partial charge in [0.05, 0.1) is 0 Å². The molecular formula is C48H30O. The van der Waals surface area contributed by atoms with E-state index in [0.717, 1.165) is 17.1 Å². The van der Waals surface area contributed by atoms with Crippen molar-refractivity contribution < 1.29 is 4.74 Å². The van der Waals surface area contributed by atoms with Crippen LogP contribution in [0.4, 0.5) is 0 Å². The third-order valence-electron chi connectivity index (χ3n) is 10.1.